The van der Waals surface area contributed by atoms with Crippen LogP contribution in [0.4, 0.5) is 5.69 Å². The summed E-state index contributed by atoms with van der Waals surface area (Å²) in [6, 6.07) is 3.30. The number of nitrogens with two attached hydrogens (primary N) is 2. The van der Waals surface area contributed by atoms with Crippen molar-refractivity contribution in [2.75, 3.05) is 5.73 Å². The van der Waals surface area contributed by atoms with E-state index in [4.69, 9.17) is 16.9 Å². The van der Waals surface area contributed by atoms with Crippen LogP contribution in [0, 0.1) is 5.41 Å². The van der Waals surface area contributed by atoms with Crippen molar-refractivity contribution in [3.8, 4) is 0 Å². The van der Waals surface area contributed by atoms with E-state index in [1.54, 1.807) is 29.0 Å². The van der Waals surface area contributed by atoms with Gasteiger partial charge < -0.3 is 16.0 Å². The molecule has 0 saturated heterocycles. The molecule has 1 unspecified atom stereocenters. The van der Waals surface area contributed by atoms with E-state index in [1.807, 2.05) is 0 Å². The maximum absolute atomic E-state index is 7.57. The van der Waals surface area contributed by atoms with E-state index in [0.29, 0.717) is 17.6 Å². The van der Waals surface area contributed by atoms with Gasteiger partial charge in [-0.3, -0.25) is 5.41 Å². The van der Waals surface area contributed by atoms with Gasteiger partial charge in [0.05, 0.1) is 6.17 Å². The summed E-state index contributed by atoms with van der Waals surface area (Å²) in [6.45, 7) is 3.59. The minimum atomic E-state index is -0.256. The third-order valence-corrected chi connectivity index (χ3v) is 1.77. The van der Waals surface area contributed by atoms with Crippen LogP contribution in [0.1, 0.15) is 12.6 Å². The molecular weight excluding hydrogens is 164 g/mol. The van der Waals surface area contributed by atoms with Gasteiger partial charge in [-0.25, -0.2) is 0 Å². The maximum Gasteiger partial charge on any atom is 0.126 e. The van der Waals surface area contributed by atoms with Crippen molar-refractivity contribution in [3.63, 3.8) is 0 Å². The Hall–Kier alpha value is -1.55. The highest BCUT2D eigenvalue weighted by Crippen LogP contribution is 2.04. The monoisotopic (exact) mass is 178 g/mol. The van der Waals surface area contributed by atoms with Gasteiger partial charge in [0.1, 0.15) is 5.49 Å². The Balaban J connectivity index is 3.05. The Morgan fingerprint density at radius 3 is 2.92 bits per heavy atom. The van der Waals surface area contributed by atoms with Crippen LogP contribution in [0.5, 0.6) is 0 Å². The Morgan fingerprint density at radius 1 is 1.62 bits per heavy atom. The van der Waals surface area contributed by atoms with Crippen molar-refractivity contribution in [1.29, 1.82) is 5.41 Å². The third-order valence-electron chi connectivity index (χ3n) is 1.77. The highest BCUT2D eigenvalue weighted by molar-refractivity contribution is 5.33. The van der Waals surface area contributed by atoms with Crippen LogP contribution in [0.3, 0.4) is 0 Å². The van der Waals surface area contributed by atoms with Gasteiger partial charge >= 0.3 is 0 Å². The second-order valence-electron chi connectivity index (χ2n) is 2.85. The SMILES string of the molecule is C=CCC(N)n1cc(N)ccc1=N. The van der Waals surface area contributed by atoms with Crippen LogP contribution in [-0.4, -0.2) is 4.57 Å². The molecular formula is C9H14N4. The molecule has 1 aromatic rings. The molecule has 0 aliphatic rings. The minimum absolute atomic E-state index is 0.256. The molecule has 4 nitrogen and oxygen atoms in total. The van der Waals surface area contributed by atoms with Crippen LogP contribution in [0.25, 0.3) is 0 Å². The molecule has 4 heteroatoms. The second kappa shape index (κ2) is 3.91. The topological polar surface area (TPSA) is 80.8 Å². The van der Waals surface area contributed by atoms with Crippen molar-refractivity contribution in [1.82, 2.24) is 4.57 Å². The lowest BCUT2D eigenvalue weighted by atomic mass is 10.3. The largest absolute Gasteiger partial charge is 0.398 e. The molecule has 0 aromatic carbocycles. The lowest BCUT2D eigenvalue weighted by Gasteiger charge is -2.14. The number of anilines is 1. The third kappa shape index (κ3) is 2.19. The zero-order valence-corrected chi connectivity index (χ0v) is 7.40. The van der Waals surface area contributed by atoms with Crippen molar-refractivity contribution in [2.24, 2.45) is 5.73 Å². The molecule has 1 aromatic heterocycles. The van der Waals surface area contributed by atoms with E-state index in [2.05, 4.69) is 6.58 Å². The summed E-state index contributed by atoms with van der Waals surface area (Å²) in [5, 5.41) is 7.57. The highest BCUT2D eigenvalue weighted by atomic mass is 15.1. The number of pyridine rings is 1. The molecule has 1 atom stereocenters. The van der Waals surface area contributed by atoms with E-state index in [-0.39, 0.29) is 6.17 Å². The van der Waals surface area contributed by atoms with Gasteiger partial charge in [-0.1, -0.05) is 6.08 Å². The Morgan fingerprint density at radius 2 is 2.31 bits per heavy atom. The van der Waals surface area contributed by atoms with Crippen molar-refractivity contribution in [2.45, 2.75) is 12.6 Å². The molecule has 1 rings (SSSR count). The van der Waals surface area contributed by atoms with Gasteiger partial charge in [0.25, 0.3) is 0 Å². The molecule has 0 amide bonds. The second-order valence-corrected chi connectivity index (χ2v) is 2.85. The van der Waals surface area contributed by atoms with Gasteiger partial charge in [-0.15, -0.1) is 6.58 Å². The Labute approximate surface area is 77.0 Å². The predicted molar refractivity (Wildman–Crippen MR) is 52.7 cm³/mol. The standard InChI is InChI=1S/C9H14N4/c1-2-3-8(11)13-6-7(10)4-5-9(13)12/h2,4-6,8,12H,1,3,10-11H2. The van der Waals surface area contributed by atoms with E-state index in [0.717, 1.165) is 0 Å². The average molecular weight is 178 g/mol. The van der Waals surface area contributed by atoms with Gasteiger partial charge in [0.2, 0.25) is 0 Å². The first kappa shape index (κ1) is 9.54. The normalized spacial score (nSPS) is 12.4. The number of aromatic nitrogens is 1. The summed E-state index contributed by atoms with van der Waals surface area (Å²) in [6.07, 6.45) is 3.75. The van der Waals surface area contributed by atoms with E-state index in [1.165, 1.54) is 0 Å². The van der Waals surface area contributed by atoms with Crippen molar-refractivity contribution >= 4 is 5.69 Å². The number of nitrogens with zero attached hydrogens (tertiary/aromatic N) is 1. The zero-order chi connectivity index (χ0) is 9.84. The van der Waals surface area contributed by atoms with Crippen LogP contribution in [-0.2, 0) is 0 Å². The van der Waals surface area contributed by atoms with Crippen LogP contribution in [0.2, 0.25) is 0 Å². The number of nitrogen functional groups attached to an aromatic ring is 1. The van der Waals surface area contributed by atoms with Gasteiger partial charge in [-0.2, -0.15) is 0 Å². The first-order chi connectivity index (χ1) is 6.15. The molecule has 0 spiro atoms. The fourth-order valence-corrected chi connectivity index (χ4v) is 1.09. The Bertz CT molecular complexity index is 353. The fourth-order valence-electron chi connectivity index (χ4n) is 1.09. The van der Waals surface area contributed by atoms with Gasteiger partial charge in [0, 0.05) is 11.9 Å². The summed E-state index contributed by atoms with van der Waals surface area (Å²) in [4.78, 5) is 0. The smallest absolute Gasteiger partial charge is 0.126 e. The molecule has 0 aliphatic heterocycles. The van der Waals surface area contributed by atoms with E-state index in [9.17, 15) is 0 Å². The van der Waals surface area contributed by atoms with Crippen LogP contribution < -0.4 is 17.0 Å². The molecule has 0 aliphatic carbocycles. The zero-order valence-electron chi connectivity index (χ0n) is 7.40. The fraction of sp³-hybridized carbons (Fsp3) is 0.222. The number of nitrogens with one attached hydrogen (secondary N) is 1. The molecule has 0 bridgehead atoms. The molecule has 13 heavy (non-hydrogen) atoms. The summed E-state index contributed by atoms with van der Waals surface area (Å²) < 4.78 is 1.62. The molecule has 1 heterocycles. The first-order valence-corrected chi connectivity index (χ1v) is 4.04. The molecule has 0 saturated carbocycles. The van der Waals surface area contributed by atoms with E-state index >= 15 is 0 Å². The minimum Gasteiger partial charge on any atom is -0.398 e. The van der Waals surface area contributed by atoms with E-state index < -0.39 is 0 Å². The van der Waals surface area contributed by atoms with Gasteiger partial charge in [-0.05, 0) is 18.6 Å². The number of rotatable bonds is 3. The predicted octanol–water partition coefficient (Wildman–Crippen LogP) is 0.583. The lowest BCUT2D eigenvalue weighted by molar-refractivity contribution is 0.503. The quantitative estimate of drug-likeness (QED) is 0.592. The Kier molecular flexibility index (Phi) is 2.87. The first-order valence-electron chi connectivity index (χ1n) is 4.04. The molecule has 5 N–H and O–H groups in total. The molecule has 0 radical (unpaired) electrons. The molecule has 0 fully saturated rings. The summed E-state index contributed by atoms with van der Waals surface area (Å²) in [7, 11) is 0. The van der Waals surface area contributed by atoms with Crippen LogP contribution >= 0.6 is 0 Å². The summed E-state index contributed by atoms with van der Waals surface area (Å²) in [5.74, 6) is 0. The van der Waals surface area contributed by atoms with Crippen molar-refractivity contribution in [3.05, 3.63) is 36.5 Å². The average Bonchev–Trinajstić information content (AvgIpc) is 2.09. The molecule has 70 valence electrons. The highest BCUT2D eigenvalue weighted by Gasteiger charge is 2.02. The number of hydrogen-bond acceptors (Lipinski definition) is 3. The van der Waals surface area contributed by atoms with Gasteiger partial charge in [0.15, 0.2) is 0 Å². The van der Waals surface area contributed by atoms with Crippen LogP contribution in [0.15, 0.2) is 31.0 Å². The summed E-state index contributed by atoms with van der Waals surface area (Å²) in [5.41, 5.74) is 12.3. The number of hydrogen-bond donors (Lipinski definition) is 3. The van der Waals surface area contributed by atoms with Crippen molar-refractivity contribution < 1.29 is 0 Å². The summed E-state index contributed by atoms with van der Waals surface area (Å²) >= 11 is 0. The maximum atomic E-state index is 7.57. The lowest BCUT2D eigenvalue weighted by Crippen LogP contribution is -2.29.